The van der Waals surface area contributed by atoms with E-state index in [1.54, 1.807) is 47.5 Å². The average Bonchev–Trinajstić information content (AvgIpc) is 2.68. The summed E-state index contributed by atoms with van der Waals surface area (Å²) in [6, 6.07) is 0. The highest BCUT2D eigenvalue weighted by atomic mass is 35.5. The lowest BCUT2D eigenvalue weighted by atomic mass is 10.3. The summed E-state index contributed by atoms with van der Waals surface area (Å²) in [5.74, 6) is 0.485. The first-order valence-corrected chi connectivity index (χ1v) is 10.1. The molecule has 0 saturated heterocycles. The molecule has 1 heterocycles. The van der Waals surface area contributed by atoms with Crippen molar-refractivity contribution in [1.29, 1.82) is 5.41 Å². The second-order valence-corrected chi connectivity index (χ2v) is 6.89. The summed E-state index contributed by atoms with van der Waals surface area (Å²) in [6.45, 7) is 3.54. The Balaban J connectivity index is -0.000000117. The second-order valence-electron chi connectivity index (χ2n) is 6.35. The molecule has 0 aliphatic carbocycles. The first kappa shape index (κ1) is 42.3. The van der Waals surface area contributed by atoms with E-state index in [1.807, 2.05) is 6.92 Å². The molecule has 34 heavy (non-hydrogen) atoms. The summed E-state index contributed by atoms with van der Waals surface area (Å²) in [4.78, 5) is 18.6. The number of hydrogen-bond donors (Lipinski definition) is 3. The van der Waals surface area contributed by atoms with Crippen LogP contribution >= 0.6 is 35.6 Å². The molecule has 0 fully saturated rings. The lowest BCUT2D eigenvalue weighted by Gasteiger charge is -2.10. The van der Waals surface area contributed by atoms with Gasteiger partial charge in [0.15, 0.2) is 6.21 Å². The van der Waals surface area contributed by atoms with Crippen LogP contribution in [0.3, 0.4) is 0 Å². The molecule has 1 aromatic rings. The third kappa shape index (κ3) is 32.4. The molecule has 0 aliphatic rings. The predicted molar refractivity (Wildman–Crippen MR) is 130 cm³/mol. The van der Waals surface area contributed by atoms with Crippen LogP contribution in [0.5, 0.6) is 0 Å². The van der Waals surface area contributed by atoms with Gasteiger partial charge in [-0.3, -0.25) is 10.2 Å². The molecule has 4 N–H and O–H groups in total. The van der Waals surface area contributed by atoms with Crippen molar-refractivity contribution in [3.05, 3.63) is 35.6 Å². The molecule has 200 valence electrons. The van der Waals surface area contributed by atoms with Gasteiger partial charge in [0.2, 0.25) is 0 Å². The van der Waals surface area contributed by atoms with Crippen LogP contribution in [0.25, 0.3) is 0 Å². The van der Waals surface area contributed by atoms with Gasteiger partial charge in [-0.25, -0.2) is 14.5 Å². The molecule has 0 atom stereocenters. The van der Waals surface area contributed by atoms with Crippen LogP contribution in [0.4, 0.5) is 13.2 Å². The van der Waals surface area contributed by atoms with E-state index in [0.29, 0.717) is 11.7 Å². The van der Waals surface area contributed by atoms with Crippen LogP contribution in [0.15, 0.2) is 24.2 Å². The quantitative estimate of drug-likeness (QED) is 0.208. The summed E-state index contributed by atoms with van der Waals surface area (Å²) < 4.78 is 38.2. The number of aromatic nitrogens is 2. The number of allylic oxidation sites excluding steroid dienone is 1. The fourth-order valence-electron chi connectivity index (χ4n) is 1.22. The van der Waals surface area contributed by atoms with E-state index in [2.05, 4.69) is 9.97 Å². The first-order chi connectivity index (χ1) is 14.6. The van der Waals surface area contributed by atoms with Crippen LogP contribution in [-0.4, -0.2) is 82.8 Å². The van der Waals surface area contributed by atoms with Crippen molar-refractivity contribution in [2.45, 2.75) is 32.3 Å². The zero-order valence-corrected chi connectivity index (χ0v) is 22.9. The molecule has 0 unspecified atom stereocenters. The van der Waals surface area contributed by atoms with E-state index in [4.69, 9.17) is 39.5 Å². The van der Waals surface area contributed by atoms with E-state index in [-0.39, 0.29) is 43.0 Å². The molecule has 15 heteroatoms. The topological polar surface area (TPSA) is 119 Å². The van der Waals surface area contributed by atoms with Gasteiger partial charge in [-0.2, -0.15) is 13.2 Å². The largest absolute Gasteiger partial charge is 1.00 e. The molecule has 8 nitrogen and oxygen atoms in total. The van der Waals surface area contributed by atoms with Gasteiger partial charge in [-0.1, -0.05) is 6.92 Å². The van der Waals surface area contributed by atoms with Gasteiger partial charge in [-0.05, 0) is 12.5 Å². The van der Waals surface area contributed by atoms with Crippen LogP contribution in [0, 0.1) is 12.3 Å². The highest BCUT2D eigenvalue weighted by Gasteiger charge is 2.34. The summed E-state index contributed by atoms with van der Waals surface area (Å²) in [7, 11) is 6.20. The zero-order chi connectivity index (χ0) is 25.9. The fourth-order valence-corrected chi connectivity index (χ4v) is 1.36. The van der Waals surface area contributed by atoms with Crippen LogP contribution in [-0.2, 0) is 10.7 Å². The number of carbonyl (C=O) groups is 1. The molecule has 0 saturated carbocycles. The summed E-state index contributed by atoms with van der Waals surface area (Å²) in [5.41, 5.74) is 5.14. The van der Waals surface area contributed by atoms with E-state index in [1.165, 1.54) is 9.48 Å². The first-order valence-electron chi connectivity index (χ1n) is 9.01. The number of nitrogens with zero attached hydrogens (tertiary/aromatic N) is 4. The third-order valence-electron chi connectivity index (χ3n) is 2.52. The molecule has 0 amide bonds. The molecule has 1 rings (SSSR count). The molecule has 0 aliphatic heterocycles. The fraction of sp³-hybridized carbons (Fsp3) is 0.526. The SMILES string of the molecule is CCC(=O)O.CN(C)C=C(C=[N+](C)C)C(F)(F)F.Cc1cnc(CCl)nc1.Cl.N=C(N)CCl.[Cl-]. The Morgan fingerprint density at radius 3 is 1.85 bits per heavy atom. The molecule has 0 bridgehead atoms. The normalized spacial score (nSPS) is 9.56. The number of nitrogens with two attached hydrogens (primary N) is 1. The monoisotopic (exact) mass is 574 g/mol. The summed E-state index contributed by atoms with van der Waals surface area (Å²) in [6.07, 6.45) is 1.52. The van der Waals surface area contributed by atoms with E-state index < -0.39 is 17.7 Å². The van der Waals surface area contributed by atoms with Crippen molar-refractivity contribution in [2.75, 3.05) is 34.1 Å². The second kappa shape index (κ2) is 24.3. The van der Waals surface area contributed by atoms with Gasteiger partial charge in [0.25, 0.3) is 0 Å². The maximum atomic E-state index is 12.3. The van der Waals surface area contributed by atoms with Gasteiger partial charge < -0.3 is 28.1 Å². The maximum Gasteiger partial charge on any atom is 0.423 e. The number of carboxylic acids is 1. The predicted octanol–water partition coefficient (Wildman–Crippen LogP) is 0.929. The molecule has 0 spiro atoms. The maximum absolute atomic E-state index is 12.3. The number of carboxylic acid groups (broad SMARTS) is 1. The molecule has 1 aromatic heterocycles. The number of nitrogens with one attached hydrogen (secondary N) is 1. The van der Waals surface area contributed by atoms with Gasteiger partial charge >= 0.3 is 12.1 Å². The van der Waals surface area contributed by atoms with Gasteiger partial charge in [0, 0.05) is 39.1 Å². The van der Waals surface area contributed by atoms with Crippen molar-refractivity contribution >= 4 is 53.6 Å². The highest BCUT2D eigenvalue weighted by Crippen LogP contribution is 2.23. The van der Waals surface area contributed by atoms with E-state index in [0.717, 1.165) is 18.0 Å². The van der Waals surface area contributed by atoms with Crippen LogP contribution < -0.4 is 18.1 Å². The standard InChI is InChI=1S/C8H14F3N2.C6H7ClN2.C3H6O2.C2H5ClN2.2ClH/c1-12(2)5-7(6-13(3)4)8(9,10)11;1-5-3-8-6(2-7)9-4-5;1-2-3(4)5;3-1-2(4)5;;/h5-6H,1-4H3;3-4H,2H2,1H3;2H2,1H3,(H,4,5);1H2,(H3,4,5);2*1H/q+1;;;;;/p-1. The Bertz CT molecular complexity index is 714. The number of rotatable bonds is 5. The Hall–Kier alpha value is -1.82. The van der Waals surface area contributed by atoms with E-state index in [9.17, 15) is 18.0 Å². The number of amidine groups is 1. The third-order valence-corrected chi connectivity index (χ3v) is 3.05. The van der Waals surface area contributed by atoms with Crippen molar-refractivity contribution in [1.82, 2.24) is 14.9 Å². The lowest BCUT2D eigenvalue weighted by molar-refractivity contribution is -0.459. The molecular formula is C19H33Cl4F3N6O2. The number of alkyl halides is 5. The minimum Gasteiger partial charge on any atom is -1.00 e. The Labute approximate surface area is 221 Å². The Morgan fingerprint density at radius 2 is 1.65 bits per heavy atom. The van der Waals surface area contributed by atoms with Gasteiger partial charge in [0.1, 0.15) is 31.3 Å². The summed E-state index contributed by atoms with van der Waals surface area (Å²) >= 11 is 10.4. The minimum atomic E-state index is -4.30. The molecule has 0 radical (unpaired) electrons. The van der Waals surface area contributed by atoms with E-state index >= 15 is 0 Å². The van der Waals surface area contributed by atoms with Crippen molar-refractivity contribution < 1.29 is 40.1 Å². The number of aryl methyl sites for hydroxylation is 1. The van der Waals surface area contributed by atoms with Crippen molar-refractivity contribution in [2.24, 2.45) is 5.73 Å². The van der Waals surface area contributed by atoms with Gasteiger partial charge in [-0.15, -0.1) is 35.6 Å². The Morgan fingerprint density at radius 1 is 1.26 bits per heavy atom. The zero-order valence-electron chi connectivity index (χ0n) is 19.8. The van der Waals surface area contributed by atoms with Crippen molar-refractivity contribution in [3.8, 4) is 0 Å². The van der Waals surface area contributed by atoms with Crippen LogP contribution in [0.1, 0.15) is 24.7 Å². The number of aliphatic carboxylic acids is 1. The van der Waals surface area contributed by atoms with Gasteiger partial charge in [0.05, 0.1) is 11.8 Å². The highest BCUT2D eigenvalue weighted by molar-refractivity contribution is 6.27. The Kier molecular flexibility index (Phi) is 30.3. The molecular weight excluding hydrogens is 543 g/mol. The minimum absolute atomic E-state index is 0. The number of halogens is 7. The molecule has 0 aromatic carbocycles. The lowest BCUT2D eigenvalue weighted by Crippen LogP contribution is -3.00. The summed E-state index contributed by atoms with van der Waals surface area (Å²) in [5, 5.41) is 14.1. The van der Waals surface area contributed by atoms with Crippen molar-refractivity contribution in [3.63, 3.8) is 0 Å². The number of hydrogen-bond acceptors (Lipinski definition) is 5. The smallest absolute Gasteiger partial charge is 0.423 e. The van der Waals surface area contributed by atoms with Crippen LogP contribution in [0.2, 0.25) is 0 Å². The average molecular weight is 576 g/mol.